The molecule has 0 saturated carbocycles. The van der Waals surface area contributed by atoms with Crippen molar-refractivity contribution in [1.82, 2.24) is 0 Å². The van der Waals surface area contributed by atoms with Crippen molar-refractivity contribution in [1.29, 1.82) is 0 Å². The average molecular weight is 293 g/mol. The van der Waals surface area contributed by atoms with Gasteiger partial charge in [0.15, 0.2) is 0 Å². The molecule has 0 amide bonds. The molecule has 0 aromatic heterocycles. The highest BCUT2D eigenvalue weighted by atomic mass is 35.5. The molecule has 0 spiro atoms. The summed E-state index contributed by atoms with van der Waals surface area (Å²) in [6, 6.07) is 12.8. The first-order chi connectivity index (χ1) is 9.63. The molecule has 0 heterocycles. The fourth-order valence-corrected chi connectivity index (χ4v) is 2.18. The third kappa shape index (κ3) is 3.44. The maximum atomic E-state index is 10.4. The molecule has 0 aliphatic rings. The van der Waals surface area contributed by atoms with Crippen molar-refractivity contribution in [3.8, 4) is 11.5 Å². The average Bonchev–Trinajstić information content (AvgIpc) is 2.48. The quantitative estimate of drug-likeness (QED) is 0.914. The fraction of sp³-hybridized carbons (Fsp3) is 0.250. The van der Waals surface area contributed by atoms with Gasteiger partial charge in [-0.05, 0) is 35.9 Å². The smallest absolute Gasteiger partial charge is 0.124 e. The molecular weight excluding hydrogens is 276 g/mol. The van der Waals surface area contributed by atoms with Crippen LogP contribution in [-0.2, 0) is 6.42 Å². The lowest BCUT2D eigenvalue weighted by Gasteiger charge is -2.16. The lowest BCUT2D eigenvalue weighted by molar-refractivity contribution is 0.173. The van der Waals surface area contributed by atoms with Gasteiger partial charge in [0, 0.05) is 17.0 Å². The van der Waals surface area contributed by atoms with Gasteiger partial charge in [0.2, 0.25) is 0 Å². The second-order valence-corrected chi connectivity index (χ2v) is 4.89. The molecule has 2 rings (SSSR count). The number of hydrogen-bond acceptors (Lipinski definition) is 3. The first kappa shape index (κ1) is 14.7. The Kier molecular flexibility index (Phi) is 4.88. The van der Waals surface area contributed by atoms with Gasteiger partial charge < -0.3 is 14.6 Å². The maximum absolute atomic E-state index is 10.4. The Balaban J connectivity index is 2.23. The van der Waals surface area contributed by atoms with Crippen LogP contribution in [0.3, 0.4) is 0 Å². The van der Waals surface area contributed by atoms with Crippen LogP contribution in [0.5, 0.6) is 11.5 Å². The summed E-state index contributed by atoms with van der Waals surface area (Å²) < 4.78 is 10.5. The molecule has 0 saturated heterocycles. The van der Waals surface area contributed by atoms with Crippen LogP contribution in [0.4, 0.5) is 0 Å². The van der Waals surface area contributed by atoms with Crippen LogP contribution >= 0.6 is 11.6 Å². The largest absolute Gasteiger partial charge is 0.497 e. The molecule has 20 heavy (non-hydrogen) atoms. The first-order valence-electron chi connectivity index (χ1n) is 6.28. The molecule has 2 aromatic carbocycles. The van der Waals surface area contributed by atoms with Crippen LogP contribution in [0, 0.1) is 0 Å². The van der Waals surface area contributed by atoms with Crippen LogP contribution in [0.15, 0.2) is 42.5 Å². The van der Waals surface area contributed by atoms with Gasteiger partial charge in [0.05, 0.1) is 20.3 Å². The Morgan fingerprint density at radius 2 is 1.75 bits per heavy atom. The Morgan fingerprint density at radius 3 is 2.35 bits per heavy atom. The molecule has 0 aliphatic heterocycles. The highest BCUT2D eigenvalue weighted by molar-refractivity contribution is 6.30. The highest BCUT2D eigenvalue weighted by Gasteiger charge is 2.15. The van der Waals surface area contributed by atoms with Gasteiger partial charge in [0.1, 0.15) is 11.5 Å². The molecule has 3 nitrogen and oxygen atoms in total. The van der Waals surface area contributed by atoms with Gasteiger partial charge in [-0.2, -0.15) is 0 Å². The van der Waals surface area contributed by atoms with E-state index in [9.17, 15) is 5.11 Å². The number of methoxy groups -OCH3 is 2. The molecule has 2 aromatic rings. The Hall–Kier alpha value is -1.71. The fourth-order valence-electron chi connectivity index (χ4n) is 2.05. The van der Waals surface area contributed by atoms with Crippen molar-refractivity contribution in [3.05, 3.63) is 58.6 Å². The molecule has 106 valence electrons. The van der Waals surface area contributed by atoms with Crippen LogP contribution in [0.25, 0.3) is 0 Å². The van der Waals surface area contributed by atoms with Crippen molar-refractivity contribution < 1.29 is 14.6 Å². The summed E-state index contributed by atoms with van der Waals surface area (Å²) in [5, 5.41) is 11.1. The molecular formula is C16H17ClO3. The molecule has 0 aliphatic carbocycles. The van der Waals surface area contributed by atoms with Gasteiger partial charge in [-0.1, -0.05) is 23.7 Å². The van der Waals surface area contributed by atoms with E-state index in [1.54, 1.807) is 32.4 Å². The molecule has 0 radical (unpaired) electrons. The van der Waals surface area contributed by atoms with Crippen LogP contribution < -0.4 is 9.47 Å². The van der Waals surface area contributed by atoms with Gasteiger partial charge in [0.25, 0.3) is 0 Å². The number of ether oxygens (including phenoxy) is 2. The zero-order valence-corrected chi connectivity index (χ0v) is 12.2. The Bertz CT molecular complexity index is 566. The van der Waals surface area contributed by atoms with Crippen molar-refractivity contribution in [3.63, 3.8) is 0 Å². The third-order valence-electron chi connectivity index (χ3n) is 3.14. The molecule has 1 unspecified atom stereocenters. The summed E-state index contributed by atoms with van der Waals surface area (Å²) in [6.07, 6.45) is -0.179. The predicted octanol–water partition coefficient (Wildman–Crippen LogP) is 3.63. The van der Waals surface area contributed by atoms with Gasteiger partial charge in [-0.25, -0.2) is 0 Å². The Labute approximate surface area is 123 Å². The van der Waals surface area contributed by atoms with E-state index in [1.165, 1.54) is 0 Å². The third-order valence-corrected chi connectivity index (χ3v) is 3.39. The minimum Gasteiger partial charge on any atom is -0.497 e. The summed E-state index contributed by atoms with van der Waals surface area (Å²) in [4.78, 5) is 0. The van der Waals surface area contributed by atoms with E-state index in [2.05, 4.69) is 0 Å². The number of halogens is 1. The van der Waals surface area contributed by atoms with Gasteiger partial charge in [-0.15, -0.1) is 0 Å². The van der Waals surface area contributed by atoms with Crippen molar-refractivity contribution in [2.24, 2.45) is 0 Å². The van der Waals surface area contributed by atoms with Crippen LogP contribution in [0.2, 0.25) is 5.02 Å². The zero-order chi connectivity index (χ0) is 14.5. The van der Waals surface area contributed by atoms with Crippen molar-refractivity contribution in [2.75, 3.05) is 14.2 Å². The molecule has 1 atom stereocenters. The molecule has 1 N–H and O–H groups in total. The van der Waals surface area contributed by atoms with E-state index < -0.39 is 6.10 Å². The predicted molar refractivity (Wildman–Crippen MR) is 79.7 cm³/mol. The monoisotopic (exact) mass is 292 g/mol. The zero-order valence-electron chi connectivity index (χ0n) is 11.5. The lowest BCUT2D eigenvalue weighted by atomic mass is 10.0. The minimum atomic E-state index is -0.666. The van der Waals surface area contributed by atoms with E-state index in [4.69, 9.17) is 21.1 Å². The van der Waals surface area contributed by atoms with E-state index >= 15 is 0 Å². The number of aliphatic hydroxyl groups is 1. The number of rotatable bonds is 5. The summed E-state index contributed by atoms with van der Waals surface area (Å²) in [6.45, 7) is 0. The molecule has 0 bridgehead atoms. The van der Waals surface area contributed by atoms with E-state index in [0.29, 0.717) is 28.5 Å². The van der Waals surface area contributed by atoms with Gasteiger partial charge >= 0.3 is 0 Å². The summed E-state index contributed by atoms with van der Waals surface area (Å²) in [7, 11) is 3.18. The second kappa shape index (κ2) is 6.64. The van der Waals surface area contributed by atoms with Gasteiger partial charge in [-0.3, -0.25) is 0 Å². The first-order valence-corrected chi connectivity index (χ1v) is 6.66. The minimum absolute atomic E-state index is 0.487. The normalized spacial score (nSPS) is 12.0. The maximum Gasteiger partial charge on any atom is 0.124 e. The Morgan fingerprint density at radius 1 is 1.05 bits per heavy atom. The van der Waals surface area contributed by atoms with Crippen molar-refractivity contribution >= 4 is 11.6 Å². The number of benzene rings is 2. The second-order valence-electron chi connectivity index (χ2n) is 4.45. The van der Waals surface area contributed by atoms with E-state index in [1.807, 2.05) is 24.3 Å². The summed E-state index contributed by atoms with van der Waals surface area (Å²) in [5.74, 6) is 1.34. The van der Waals surface area contributed by atoms with Crippen LogP contribution in [-0.4, -0.2) is 19.3 Å². The van der Waals surface area contributed by atoms with Crippen LogP contribution in [0.1, 0.15) is 17.2 Å². The summed E-state index contributed by atoms with van der Waals surface area (Å²) >= 11 is 5.85. The molecule has 4 heteroatoms. The van der Waals surface area contributed by atoms with E-state index in [0.717, 1.165) is 5.56 Å². The topological polar surface area (TPSA) is 38.7 Å². The number of hydrogen-bond donors (Lipinski definition) is 1. The van der Waals surface area contributed by atoms with Crippen molar-refractivity contribution in [2.45, 2.75) is 12.5 Å². The standard InChI is InChI=1S/C16H17ClO3/c1-19-13-7-8-16(20-2)14(10-13)15(18)9-11-3-5-12(17)6-4-11/h3-8,10,15,18H,9H2,1-2H3. The SMILES string of the molecule is COc1ccc(OC)c(C(O)Cc2ccc(Cl)cc2)c1. The molecule has 0 fully saturated rings. The van der Waals surface area contributed by atoms with E-state index in [-0.39, 0.29) is 0 Å². The lowest BCUT2D eigenvalue weighted by Crippen LogP contribution is -2.04. The summed E-state index contributed by atoms with van der Waals surface area (Å²) in [5.41, 5.74) is 1.72. The number of aliphatic hydroxyl groups excluding tert-OH is 1. The highest BCUT2D eigenvalue weighted by Crippen LogP contribution is 2.31.